The van der Waals surface area contributed by atoms with Crippen LogP contribution in [0.25, 0.3) is 0 Å². The summed E-state index contributed by atoms with van der Waals surface area (Å²) in [6.45, 7) is 3.63. The maximum atomic E-state index is 12.8. The molecule has 2 heterocycles. The minimum atomic E-state index is 0.226. The van der Waals surface area contributed by atoms with E-state index < -0.39 is 0 Å². The van der Waals surface area contributed by atoms with Crippen molar-refractivity contribution in [2.45, 2.75) is 57.9 Å². The van der Waals surface area contributed by atoms with Gasteiger partial charge in [0.25, 0.3) is 0 Å². The van der Waals surface area contributed by atoms with Gasteiger partial charge in [0.15, 0.2) is 0 Å². The molecule has 1 aromatic heterocycles. The number of aromatic nitrogens is 2. The van der Waals surface area contributed by atoms with Gasteiger partial charge in [0.1, 0.15) is 0 Å². The highest BCUT2D eigenvalue weighted by Crippen LogP contribution is 2.36. The van der Waals surface area contributed by atoms with Gasteiger partial charge in [0.05, 0.1) is 6.20 Å². The van der Waals surface area contributed by atoms with E-state index in [1.165, 1.54) is 48.1 Å². The van der Waals surface area contributed by atoms with Crippen LogP contribution in [0.5, 0.6) is 0 Å². The Balaban J connectivity index is 1.49. The summed E-state index contributed by atoms with van der Waals surface area (Å²) in [5, 5.41) is 4.43. The van der Waals surface area contributed by atoms with Gasteiger partial charge in [-0.2, -0.15) is 5.10 Å². The molecule has 2 aliphatic rings. The summed E-state index contributed by atoms with van der Waals surface area (Å²) >= 11 is 0. The highest BCUT2D eigenvalue weighted by molar-refractivity contribution is 5.76. The zero-order valence-electron chi connectivity index (χ0n) is 15.9. The highest BCUT2D eigenvalue weighted by atomic mass is 16.2. The SMILES string of the molecule is Cc1c(C2CN(C(=O)CCCCC3CC3)Cc3ccccc32)cnn1C. The van der Waals surface area contributed by atoms with E-state index in [0.717, 1.165) is 25.4 Å². The Morgan fingerprint density at radius 1 is 1.19 bits per heavy atom. The quantitative estimate of drug-likeness (QED) is 0.733. The molecule has 1 unspecified atom stereocenters. The maximum Gasteiger partial charge on any atom is 0.222 e. The Kier molecular flexibility index (Phi) is 4.84. The van der Waals surface area contributed by atoms with Crippen LogP contribution in [-0.2, 0) is 18.4 Å². The fourth-order valence-electron chi connectivity index (χ4n) is 4.19. The third-order valence-corrected chi connectivity index (χ3v) is 6.15. The molecule has 1 aliphatic heterocycles. The molecule has 0 radical (unpaired) electrons. The lowest BCUT2D eigenvalue weighted by molar-refractivity contribution is -0.132. The van der Waals surface area contributed by atoms with Gasteiger partial charge in [-0.3, -0.25) is 9.48 Å². The van der Waals surface area contributed by atoms with E-state index in [0.29, 0.717) is 12.3 Å². The van der Waals surface area contributed by atoms with Gasteiger partial charge in [0, 0.05) is 43.7 Å². The molecule has 1 aliphatic carbocycles. The normalized spacial score (nSPS) is 19.5. The van der Waals surface area contributed by atoms with Crippen LogP contribution in [0.4, 0.5) is 0 Å². The largest absolute Gasteiger partial charge is 0.337 e. The molecule has 1 aromatic carbocycles. The average Bonchev–Trinajstić information content (AvgIpc) is 3.43. The minimum absolute atomic E-state index is 0.226. The summed E-state index contributed by atoms with van der Waals surface area (Å²) in [6, 6.07) is 8.56. The fraction of sp³-hybridized carbons (Fsp3) is 0.545. The summed E-state index contributed by atoms with van der Waals surface area (Å²) in [5.74, 6) is 1.50. The van der Waals surface area contributed by atoms with Crippen LogP contribution >= 0.6 is 0 Å². The highest BCUT2D eigenvalue weighted by Gasteiger charge is 2.30. The molecule has 0 saturated heterocycles. The summed E-state index contributed by atoms with van der Waals surface area (Å²) < 4.78 is 1.93. The van der Waals surface area contributed by atoms with E-state index in [1.807, 2.05) is 17.9 Å². The van der Waals surface area contributed by atoms with Crippen LogP contribution in [-0.4, -0.2) is 27.1 Å². The van der Waals surface area contributed by atoms with E-state index in [-0.39, 0.29) is 5.92 Å². The Labute approximate surface area is 156 Å². The van der Waals surface area contributed by atoms with Crippen molar-refractivity contribution >= 4 is 5.91 Å². The number of carbonyl (C=O) groups excluding carboxylic acids is 1. The number of rotatable bonds is 6. The van der Waals surface area contributed by atoms with E-state index in [4.69, 9.17) is 0 Å². The van der Waals surface area contributed by atoms with Crippen molar-refractivity contribution in [2.75, 3.05) is 6.54 Å². The van der Waals surface area contributed by atoms with Crippen LogP contribution in [0.15, 0.2) is 30.5 Å². The molecule has 1 fully saturated rings. The number of benzene rings is 1. The summed E-state index contributed by atoms with van der Waals surface area (Å²) in [4.78, 5) is 14.9. The fourth-order valence-corrected chi connectivity index (χ4v) is 4.19. The third kappa shape index (κ3) is 3.55. The zero-order valence-corrected chi connectivity index (χ0v) is 15.9. The van der Waals surface area contributed by atoms with Crippen LogP contribution in [0.2, 0.25) is 0 Å². The molecule has 0 bridgehead atoms. The van der Waals surface area contributed by atoms with Crippen molar-refractivity contribution in [1.29, 1.82) is 0 Å². The van der Waals surface area contributed by atoms with Gasteiger partial charge in [-0.05, 0) is 30.4 Å². The lowest BCUT2D eigenvalue weighted by Crippen LogP contribution is -2.38. The monoisotopic (exact) mass is 351 g/mol. The second kappa shape index (κ2) is 7.26. The third-order valence-electron chi connectivity index (χ3n) is 6.15. The van der Waals surface area contributed by atoms with Crippen molar-refractivity contribution in [2.24, 2.45) is 13.0 Å². The standard InChI is InChI=1S/C22H29N3O/c1-16-20(13-23-24(16)2)21-15-25(14-18-8-4-5-9-19(18)21)22(26)10-6-3-7-17-11-12-17/h4-5,8-9,13,17,21H,3,6-7,10-12,14-15H2,1-2H3. The number of aryl methyl sites for hydroxylation is 1. The maximum absolute atomic E-state index is 12.8. The van der Waals surface area contributed by atoms with Gasteiger partial charge in [-0.1, -0.05) is 49.9 Å². The predicted octanol–water partition coefficient (Wildman–Crippen LogP) is 4.17. The average molecular weight is 351 g/mol. The summed E-state index contributed by atoms with van der Waals surface area (Å²) in [7, 11) is 1.98. The molecular weight excluding hydrogens is 322 g/mol. The Morgan fingerprint density at radius 2 is 2.00 bits per heavy atom. The van der Waals surface area contributed by atoms with Gasteiger partial charge in [0.2, 0.25) is 5.91 Å². The van der Waals surface area contributed by atoms with Gasteiger partial charge in [-0.15, -0.1) is 0 Å². The number of carbonyl (C=O) groups is 1. The lowest BCUT2D eigenvalue weighted by Gasteiger charge is -2.35. The second-order valence-electron chi connectivity index (χ2n) is 8.02. The first kappa shape index (κ1) is 17.3. The molecule has 2 aromatic rings. The topological polar surface area (TPSA) is 38.1 Å². The zero-order chi connectivity index (χ0) is 18.1. The van der Waals surface area contributed by atoms with Gasteiger partial charge < -0.3 is 4.90 Å². The van der Waals surface area contributed by atoms with E-state index in [2.05, 4.69) is 41.2 Å². The molecule has 4 heteroatoms. The minimum Gasteiger partial charge on any atom is -0.337 e. The molecule has 4 rings (SSSR count). The molecule has 1 atom stereocenters. The number of hydrogen-bond acceptors (Lipinski definition) is 2. The second-order valence-corrected chi connectivity index (χ2v) is 8.02. The van der Waals surface area contributed by atoms with Gasteiger partial charge >= 0.3 is 0 Å². The van der Waals surface area contributed by atoms with Crippen molar-refractivity contribution in [3.8, 4) is 0 Å². The molecule has 1 saturated carbocycles. The van der Waals surface area contributed by atoms with Crippen molar-refractivity contribution < 1.29 is 4.79 Å². The van der Waals surface area contributed by atoms with E-state index in [1.54, 1.807) is 0 Å². The first-order valence-electron chi connectivity index (χ1n) is 9.97. The van der Waals surface area contributed by atoms with Crippen LogP contribution in [0.1, 0.15) is 66.8 Å². The lowest BCUT2D eigenvalue weighted by atomic mass is 9.84. The molecular formula is C22H29N3O. The van der Waals surface area contributed by atoms with E-state index >= 15 is 0 Å². The summed E-state index contributed by atoms with van der Waals surface area (Å²) in [5.41, 5.74) is 5.05. The van der Waals surface area contributed by atoms with Crippen LogP contribution in [0, 0.1) is 12.8 Å². The van der Waals surface area contributed by atoms with Gasteiger partial charge in [-0.25, -0.2) is 0 Å². The van der Waals surface area contributed by atoms with Crippen LogP contribution in [0.3, 0.4) is 0 Å². The summed E-state index contributed by atoms with van der Waals surface area (Å²) in [6.07, 6.45) is 9.02. The Hall–Kier alpha value is -2.10. The molecule has 26 heavy (non-hydrogen) atoms. The van der Waals surface area contributed by atoms with Crippen LogP contribution < -0.4 is 0 Å². The molecule has 0 spiro atoms. The first-order valence-corrected chi connectivity index (χ1v) is 9.97. The van der Waals surface area contributed by atoms with Crippen molar-refractivity contribution in [3.05, 3.63) is 52.8 Å². The molecule has 0 N–H and O–H groups in total. The Bertz CT molecular complexity index is 790. The van der Waals surface area contributed by atoms with Crippen molar-refractivity contribution in [3.63, 3.8) is 0 Å². The molecule has 1 amide bonds. The smallest absolute Gasteiger partial charge is 0.222 e. The molecule has 138 valence electrons. The predicted molar refractivity (Wildman–Crippen MR) is 103 cm³/mol. The first-order chi connectivity index (χ1) is 12.6. The van der Waals surface area contributed by atoms with Crippen molar-refractivity contribution in [1.82, 2.24) is 14.7 Å². The number of fused-ring (bicyclic) bond motifs is 1. The number of hydrogen-bond donors (Lipinski definition) is 0. The number of nitrogens with zero attached hydrogens (tertiary/aromatic N) is 3. The number of amides is 1. The number of unbranched alkanes of at least 4 members (excludes halogenated alkanes) is 1. The molecule has 4 nitrogen and oxygen atoms in total. The Morgan fingerprint density at radius 3 is 2.73 bits per heavy atom. The van der Waals surface area contributed by atoms with E-state index in [9.17, 15) is 4.79 Å².